The normalized spacial score (nSPS) is 17.7. The Balaban J connectivity index is 1.39. The quantitative estimate of drug-likeness (QED) is 0.768. The second kappa shape index (κ2) is 7.93. The van der Waals surface area contributed by atoms with Gasteiger partial charge in [-0.15, -0.1) is 0 Å². The highest BCUT2D eigenvalue weighted by atomic mass is 16.2. The number of rotatable bonds is 5. The van der Waals surface area contributed by atoms with Gasteiger partial charge in [0.15, 0.2) is 0 Å². The maximum Gasteiger partial charge on any atom is 0.274 e. The van der Waals surface area contributed by atoms with E-state index in [0.29, 0.717) is 37.2 Å². The Labute approximate surface area is 169 Å². The summed E-state index contributed by atoms with van der Waals surface area (Å²) in [6.45, 7) is 5.55. The molecule has 1 saturated heterocycles. The molecule has 0 radical (unpaired) electrons. The fourth-order valence-electron chi connectivity index (χ4n) is 3.83. The Morgan fingerprint density at radius 2 is 1.69 bits per heavy atom. The largest absolute Gasteiger partial charge is 0.337 e. The summed E-state index contributed by atoms with van der Waals surface area (Å²) in [6, 6.07) is 6.27. The van der Waals surface area contributed by atoms with Gasteiger partial charge in [0.1, 0.15) is 5.69 Å². The van der Waals surface area contributed by atoms with E-state index < -0.39 is 0 Å². The van der Waals surface area contributed by atoms with Gasteiger partial charge < -0.3 is 4.90 Å². The predicted molar refractivity (Wildman–Crippen MR) is 108 cm³/mol. The maximum atomic E-state index is 12.8. The van der Waals surface area contributed by atoms with Crippen molar-refractivity contribution in [3.8, 4) is 0 Å². The summed E-state index contributed by atoms with van der Waals surface area (Å²) in [6.07, 6.45) is 3.95. The Kier molecular flexibility index (Phi) is 5.34. The molecule has 1 saturated carbocycles. The van der Waals surface area contributed by atoms with Crippen LogP contribution in [0.3, 0.4) is 0 Å². The Hall–Kier alpha value is -2.77. The Morgan fingerprint density at radius 1 is 1.00 bits per heavy atom. The first-order valence-electron chi connectivity index (χ1n) is 10.4. The van der Waals surface area contributed by atoms with Gasteiger partial charge in [-0.1, -0.05) is 0 Å². The van der Waals surface area contributed by atoms with Crippen LogP contribution in [-0.2, 0) is 6.54 Å². The van der Waals surface area contributed by atoms with E-state index in [9.17, 15) is 14.4 Å². The molecule has 2 aliphatic rings. The number of amides is 1. The van der Waals surface area contributed by atoms with Gasteiger partial charge in [0.25, 0.3) is 17.0 Å². The van der Waals surface area contributed by atoms with E-state index in [1.54, 1.807) is 15.6 Å². The van der Waals surface area contributed by atoms with Crippen molar-refractivity contribution in [3.05, 3.63) is 56.4 Å². The molecule has 1 amide bonds. The lowest BCUT2D eigenvalue weighted by Gasteiger charge is -2.32. The minimum Gasteiger partial charge on any atom is -0.337 e. The lowest BCUT2D eigenvalue weighted by molar-refractivity contribution is 0.0671. The standard InChI is InChI=1S/C21H27N5O3/c1-14(2)26-20(28)8-6-18(23-26)21(29)24-11-9-15(10-12-24)13-25-19(27)7-5-17(22-25)16-3-4-16/h5-8,14-16H,3-4,9-13H2,1-2H3. The molecule has 1 aliphatic carbocycles. The molecule has 29 heavy (non-hydrogen) atoms. The van der Waals surface area contributed by atoms with Crippen LogP contribution in [0.25, 0.3) is 0 Å². The summed E-state index contributed by atoms with van der Waals surface area (Å²) in [5, 5.41) is 8.78. The van der Waals surface area contributed by atoms with E-state index in [1.807, 2.05) is 19.9 Å². The predicted octanol–water partition coefficient (Wildman–Crippen LogP) is 1.81. The van der Waals surface area contributed by atoms with Crippen molar-refractivity contribution in [2.24, 2.45) is 5.92 Å². The molecule has 154 valence electrons. The SMILES string of the molecule is CC(C)n1nc(C(=O)N2CCC(Cn3nc(C4CC4)ccc3=O)CC2)ccc1=O. The van der Waals surface area contributed by atoms with Gasteiger partial charge in [-0.25, -0.2) is 9.36 Å². The van der Waals surface area contributed by atoms with Gasteiger partial charge in [0, 0.05) is 37.7 Å². The van der Waals surface area contributed by atoms with Gasteiger partial charge in [-0.3, -0.25) is 14.4 Å². The fraction of sp³-hybridized carbons (Fsp3) is 0.571. The number of aromatic nitrogens is 4. The van der Waals surface area contributed by atoms with Gasteiger partial charge >= 0.3 is 0 Å². The second-order valence-corrected chi connectivity index (χ2v) is 8.38. The van der Waals surface area contributed by atoms with Crippen molar-refractivity contribution < 1.29 is 4.79 Å². The molecule has 4 rings (SSSR count). The van der Waals surface area contributed by atoms with Gasteiger partial charge in [0.2, 0.25) is 0 Å². The van der Waals surface area contributed by atoms with Crippen molar-refractivity contribution in [2.75, 3.05) is 13.1 Å². The van der Waals surface area contributed by atoms with Crippen LogP contribution < -0.4 is 11.1 Å². The van der Waals surface area contributed by atoms with E-state index in [0.717, 1.165) is 31.4 Å². The molecular formula is C21H27N5O3. The molecule has 0 spiro atoms. The first-order chi connectivity index (χ1) is 13.9. The van der Waals surface area contributed by atoms with Crippen LogP contribution in [0.4, 0.5) is 0 Å². The molecule has 0 N–H and O–H groups in total. The van der Waals surface area contributed by atoms with Gasteiger partial charge in [-0.2, -0.15) is 10.2 Å². The van der Waals surface area contributed by atoms with E-state index in [1.165, 1.54) is 16.8 Å². The molecule has 0 atom stereocenters. The van der Waals surface area contributed by atoms with Crippen LogP contribution in [-0.4, -0.2) is 43.5 Å². The molecule has 0 bridgehead atoms. The zero-order chi connectivity index (χ0) is 20.5. The first-order valence-corrected chi connectivity index (χ1v) is 10.4. The highest BCUT2D eigenvalue weighted by Crippen LogP contribution is 2.38. The molecule has 2 fully saturated rings. The fourth-order valence-corrected chi connectivity index (χ4v) is 3.83. The molecule has 2 aromatic rings. The molecular weight excluding hydrogens is 370 g/mol. The van der Waals surface area contributed by atoms with E-state index in [4.69, 9.17) is 0 Å². The minimum absolute atomic E-state index is 0.0620. The number of carbonyl (C=O) groups is 1. The zero-order valence-electron chi connectivity index (χ0n) is 17.0. The van der Waals surface area contributed by atoms with Crippen LogP contribution in [0.15, 0.2) is 33.9 Å². The molecule has 0 unspecified atom stereocenters. The Morgan fingerprint density at radius 3 is 2.34 bits per heavy atom. The summed E-state index contributed by atoms with van der Waals surface area (Å²) in [7, 11) is 0. The lowest BCUT2D eigenvalue weighted by atomic mass is 9.96. The third kappa shape index (κ3) is 4.31. The van der Waals surface area contributed by atoms with Crippen molar-refractivity contribution in [2.45, 2.75) is 58.0 Å². The molecule has 0 aromatic carbocycles. The maximum absolute atomic E-state index is 12.8. The van der Waals surface area contributed by atoms with Crippen LogP contribution in [0, 0.1) is 5.92 Å². The number of likely N-dealkylation sites (tertiary alicyclic amines) is 1. The minimum atomic E-state index is -0.207. The molecule has 2 aromatic heterocycles. The van der Waals surface area contributed by atoms with Crippen LogP contribution in [0.1, 0.15) is 67.7 Å². The third-order valence-electron chi connectivity index (χ3n) is 5.75. The number of carbonyl (C=O) groups excluding carboxylic acids is 1. The zero-order valence-corrected chi connectivity index (χ0v) is 17.0. The summed E-state index contributed by atoms with van der Waals surface area (Å²) < 4.78 is 2.93. The van der Waals surface area contributed by atoms with Gasteiger partial charge in [0.05, 0.1) is 11.7 Å². The van der Waals surface area contributed by atoms with Crippen molar-refractivity contribution in [1.29, 1.82) is 0 Å². The topological polar surface area (TPSA) is 90.1 Å². The number of hydrogen-bond acceptors (Lipinski definition) is 5. The average Bonchev–Trinajstić information content (AvgIpc) is 3.55. The van der Waals surface area contributed by atoms with Crippen LogP contribution in [0.2, 0.25) is 0 Å². The first kappa shape index (κ1) is 19.5. The van der Waals surface area contributed by atoms with Crippen molar-refractivity contribution in [1.82, 2.24) is 24.5 Å². The van der Waals surface area contributed by atoms with Crippen LogP contribution >= 0.6 is 0 Å². The lowest BCUT2D eigenvalue weighted by Crippen LogP contribution is -2.41. The molecule has 8 nitrogen and oxygen atoms in total. The molecule has 3 heterocycles. The van der Waals surface area contributed by atoms with Crippen molar-refractivity contribution >= 4 is 5.91 Å². The third-order valence-corrected chi connectivity index (χ3v) is 5.75. The smallest absolute Gasteiger partial charge is 0.274 e. The van der Waals surface area contributed by atoms with E-state index in [-0.39, 0.29) is 23.1 Å². The van der Waals surface area contributed by atoms with E-state index >= 15 is 0 Å². The average molecular weight is 397 g/mol. The number of piperidine rings is 1. The van der Waals surface area contributed by atoms with E-state index in [2.05, 4.69) is 10.2 Å². The Bertz CT molecular complexity index is 1010. The molecule has 8 heteroatoms. The van der Waals surface area contributed by atoms with Gasteiger partial charge in [-0.05, 0) is 57.6 Å². The highest BCUT2D eigenvalue weighted by Gasteiger charge is 2.28. The number of hydrogen-bond donors (Lipinski definition) is 0. The van der Waals surface area contributed by atoms with Crippen molar-refractivity contribution in [3.63, 3.8) is 0 Å². The molecule has 1 aliphatic heterocycles. The monoisotopic (exact) mass is 397 g/mol. The highest BCUT2D eigenvalue weighted by molar-refractivity contribution is 5.92. The number of nitrogens with zero attached hydrogens (tertiary/aromatic N) is 5. The summed E-state index contributed by atoms with van der Waals surface area (Å²) >= 11 is 0. The second-order valence-electron chi connectivity index (χ2n) is 8.38. The summed E-state index contributed by atoms with van der Waals surface area (Å²) in [5.41, 5.74) is 1.05. The summed E-state index contributed by atoms with van der Waals surface area (Å²) in [4.78, 5) is 38.6. The van der Waals surface area contributed by atoms with Crippen LogP contribution in [0.5, 0.6) is 0 Å². The summed E-state index contributed by atoms with van der Waals surface area (Å²) in [5.74, 6) is 0.683.